The quantitative estimate of drug-likeness (QED) is 0.892. The lowest BCUT2D eigenvalue weighted by atomic mass is 9.95. The molecule has 2 heterocycles. The van der Waals surface area contributed by atoms with Gasteiger partial charge in [-0.25, -0.2) is 4.98 Å². The molecule has 0 aliphatic carbocycles. The fourth-order valence-corrected chi connectivity index (χ4v) is 3.10. The number of carbonyl (C=O) groups is 1. The van der Waals surface area contributed by atoms with Crippen LogP contribution in [0.4, 0.5) is 5.13 Å². The molecule has 1 atom stereocenters. The lowest BCUT2D eigenvalue weighted by Gasteiger charge is -2.16. The minimum Gasteiger partial charge on any atom is -0.362 e. The summed E-state index contributed by atoms with van der Waals surface area (Å²) in [6.07, 6.45) is 2.58. The van der Waals surface area contributed by atoms with E-state index in [1.807, 2.05) is 11.1 Å². The molecule has 5 heteroatoms. The van der Waals surface area contributed by atoms with Crippen molar-refractivity contribution in [2.45, 2.75) is 33.7 Å². The average molecular weight is 267 g/mol. The van der Waals surface area contributed by atoms with Gasteiger partial charge in [-0.2, -0.15) is 0 Å². The van der Waals surface area contributed by atoms with Crippen molar-refractivity contribution in [2.24, 2.45) is 11.8 Å². The summed E-state index contributed by atoms with van der Waals surface area (Å²) >= 11 is 1.64. The predicted molar refractivity (Wildman–Crippen MR) is 74.6 cm³/mol. The number of carbonyl (C=O) groups excluding carboxylic acids is 1. The fourth-order valence-electron chi connectivity index (χ4n) is 2.20. The molecule has 1 saturated heterocycles. The number of rotatable bonds is 5. The average Bonchev–Trinajstić information content (AvgIpc) is 2.88. The Labute approximate surface area is 112 Å². The van der Waals surface area contributed by atoms with Crippen LogP contribution < -0.4 is 5.32 Å². The minimum atomic E-state index is 0.284. The standard InChI is InChI=1S/C13H21N3OS/c1-4-14-13-15-6-11(18-13)8-16-7-10(9(2)3)5-12(16)17/h6,9-10H,4-5,7-8H2,1-3H3,(H,14,15). The van der Waals surface area contributed by atoms with Crippen LogP contribution in [-0.2, 0) is 11.3 Å². The minimum absolute atomic E-state index is 0.284. The maximum absolute atomic E-state index is 11.9. The van der Waals surface area contributed by atoms with E-state index in [9.17, 15) is 4.79 Å². The monoisotopic (exact) mass is 267 g/mol. The smallest absolute Gasteiger partial charge is 0.223 e. The van der Waals surface area contributed by atoms with Crippen molar-refractivity contribution in [1.82, 2.24) is 9.88 Å². The van der Waals surface area contributed by atoms with Gasteiger partial charge in [0.05, 0.1) is 6.54 Å². The molecule has 1 amide bonds. The number of hydrogen-bond acceptors (Lipinski definition) is 4. The van der Waals surface area contributed by atoms with E-state index in [4.69, 9.17) is 0 Å². The molecule has 0 bridgehead atoms. The molecule has 0 aromatic carbocycles. The van der Waals surface area contributed by atoms with Crippen LogP contribution in [0.15, 0.2) is 6.20 Å². The molecule has 0 radical (unpaired) electrons. The number of anilines is 1. The third kappa shape index (κ3) is 3.02. The summed E-state index contributed by atoms with van der Waals surface area (Å²) in [5.41, 5.74) is 0. The molecular weight excluding hydrogens is 246 g/mol. The molecule has 100 valence electrons. The molecule has 18 heavy (non-hydrogen) atoms. The van der Waals surface area contributed by atoms with Crippen LogP contribution >= 0.6 is 11.3 Å². The molecule has 1 fully saturated rings. The lowest BCUT2D eigenvalue weighted by Crippen LogP contribution is -2.24. The van der Waals surface area contributed by atoms with Crippen LogP contribution in [-0.4, -0.2) is 28.9 Å². The molecule has 4 nitrogen and oxygen atoms in total. The summed E-state index contributed by atoms with van der Waals surface area (Å²) in [5, 5.41) is 4.14. The van der Waals surface area contributed by atoms with Gasteiger partial charge in [0.25, 0.3) is 0 Å². The first-order chi connectivity index (χ1) is 8.60. The van der Waals surface area contributed by atoms with Gasteiger partial charge in [-0.05, 0) is 18.8 Å². The van der Waals surface area contributed by atoms with E-state index in [-0.39, 0.29) is 5.91 Å². The van der Waals surface area contributed by atoms with Gasteiger partial charge in [0.1, 0.15) is 0 Å². The molecule has 1 aromatic rings. The van der Waals surface area contributed by atoms with Gasteiger partial charge in [0.2, 0.25) is 5.91 Å². The zero-order chi connectivity index (χ0) is 13.1. The van der Waals surface area contributed by atoms with Gasteiger partial charge < -0.3 is 10.2 Å². The van der Waals surface area contributed by atoms with E-state index in [1.165, 1.54) is 0 Å². The summed E-state index contributed by atoms with van der Waals surface area (Å²) in [5.74, 6) is 1.38. The summed E-state index contributed by atoms with van der Waals surface area (Å²) in [7, 11) is 0. The van der Waals surface area contributed by atoms with E-state index in [0.717, 1.165) is 23.1 Å². The third-order valence-corrected chi connectivity index (χ3v) is 4.36. The summed E-state index contributed by atoms with van der Waals surface area (Å²) in [6, 6.07) is 0. The number of nitrogens with zero attached hydrogens (tertiary/aromatic N) is 2. The number of amides is 1. The van der Waals surface area contributed by atoms with Crippen LogP contribution in [0.2, 0.25) is 0 Å². The first-order valence-electron chi connectivity index (χ1n) is 6.56. The highest BCUT2D eigenvalue weighted by atomic mass is 32.1. The fraction of sp³-hybridized carbons (Fsp3) is 0.692. The molecule has 0 saturated carbocycles. The topological polar surface area (TPSA) is 45.2 Å². The second-order valence-corrected chi connectivity index (χ2v) is 6.26. The molecule has 1 aromatic heterocycles. The maximum Gasteiger partial charge on any atom is 0.223 e. The maximum atomic E-state index is 11.9. The molecule has 2 rings (SSSR count). The zero-order valence-corrected chi connectivity index (χ0v) is 12.1. The molecule has 1 aliphatic heterocycles. The second-order valence-electron chi connectivity index (χ2n) is 5.14. The summed E-state index contributed by atoms with van der Waals surface area (Å²) < 4.78 is 0. The van der Waals surface area contributed by atoms with E-state index < -0.39 is 0 Å². The number of nitrogens with one attached hydrogen (secondary N) is 1. The first-order valence-corrected chi connectivity index (χ1v) is 7.38. The van der Waals surface area contributed by atoms with Gasteiger partial charge in [0.15, 0.2) is 5.13 Å². The summed E-state index contributed by atoms with van der Waals surface area (Å²) in [6.45, 7) is 8.92. The third-order valence-electron chi connectivity index (χ3n) is 3.42. The van der Waals surface area contributed by atoms with Crippen molar-refractivity contribution >= 4 is 22.4 Å². The van der Waals surface area contributed by atoms with Crippen LogP contribution in [0.25, 0.3) is 0 Å². The van der Waals surface area contributed by atoms with Crippen molar-refractivity contribution in [3.8, 4) is 0 Å². The summed E-state index contributed by atoms with van der Waals surface area (Å²) in [4.78, 5) is 19.3. The molecule has 1 aliphatic rings. The van der Waals surface area contributed by atoms with Crippen LogP contribution in [0.3, 0.4) is 0 Å². The van der Waals surface area contributed by atoms with Gasteiger partial charge in [-0.1, -0.05) is 13.8 Å². The molecule has 0 spiro atoms. The van der Waals surface area contributed by atoms with Gasteiger partial charge in [-0.15, -0.1) is 11.3 Å². The Kier molecular flexibility index (Phi) is 4.22. The van der Waals surface area contributed by atoms with Gasteiger partial charge in [0, 0.05) is 30.6 Å². The molecule has 1 N–H and O–H groups in total. The number of aromatic nitrogens is 1. The Bertz CT molecular complexity index is 416. The number of likely N-dealkylation sites (tertiary alicyclic amines) is 1. The van der Waals surface area contributed by atoms with E-state index in [2.05, 4.69) is 31.1 Å². The lowest BCUT2D eigenvalue weighted by molar-refractivity contribution is -0.128. The van der Waals surface area contributed by atoms with Crippen LogP contribution in [0, 0.1) is 11.8 Å². The Morgan fingerprint density at radius 3 is 3.00 bits per heavy atom. The van der Waals surface area contributed by atoms with E-state index in [1.54, 1.807) is 11.3 Å². The molecular formula is C13H21N3OS. The highest BCUT2D eigenvalue weighted by molar-refractivity contribution is 7.15. The van der Waals surface area contributed by atoms with Crippen molar-refractivity contribution in [2.75, 3.05) is 18.4 Å². The Hall–Kier alpha value is -1.10. The van der Waals surface area contributed by atoms with E-state index in [0.29, 0.717) is 24.8 Å². The first kappa shape index (κ1) is 13.3. The van der Waals surface area contributed by atoms with Gasteiger partial charge >= 0.3 is 0 Å². The Morgan fingerprint density at radius 2 is 2.39 bits per heavy atom. The largest absolute Gasteiger partial charge is 0.362 e. The normalized spacial score (nSPS) is 19.9. The highest BCUT2D eigenvalue weighted by Crippen LogP contribution is 2.27. The van der Waals surface area contributed by atoms with Crippen LogP contribution in [0.1, 0.15) is 32.1 Å². The number of hydrogen-bond donors (Lipinski definition) is 1. The Morgan fingerprint density at radius 1 is 1.61 bits per heavy atom. The number of thiazole rings is 1. The van der Waals surface area contributed by atoms with Crippen molar-refractivity contribution in [3.05, 3.63) is 11.1 Å². The highest BCUT2D eigenvalue weighted by Gasteiger charge is 2.31. The predicted octanol–water partition coefficient (Wildman–Crippen LogP) is 2.58. The van der Waals surface area contributed by atoms with Crippen molar-refractivity contribution in [3.63, 3.8) is 0 Å². The SMILES string of the molecule is CCNc1ncc(CN2CC(C(C)C)CC2=O)s1. The Balaban J connectivity index is 1.94. The second kappa shape index (κ2) is 5.69. The van der Waals surface area contributed by atoms with Crippen molar-refractivity contribution in [1.29, 1.82) is 0 Å². The zero-order valence-electron chi connectivity index (χ0n) is 11.3. The molecule has 1 unspecified atom stereocenters. The van der Waals surface area contributed by atoms with Gasteiger partial charge in [-0.3, -0.25) is 4.79 Å². The van der Waals surface area contributed by atoms with Crippen LogP contribution in [0.5, 0.6) is 0 Å². The van der Waals surface area contributed by atoms with E-state index >= 15 is 0 Å². The van der Waals surface area contributed by atoms with Crippen molar-refractivity contribution < 1.29 is 4.79 Å².